The van der Waals surface area contributed by atoms with E-state index >= 15 is 0 Å². The lowest BCUT2D eigenvalue weighted by molar-refractivity contribution is 0.126. The smallest absolute Gasteiger partial charge is 0.0682 e. The van der Waals surface area contributed by atoms with Crippen LogP contribution in [0.3, 0.4) is 0 Å². The van der Waals surface area contributed by atoms with Gasteiger partial charge in [0.2, 0.25) is 0 Å². The molecule has 0 spiro atoms. The second kappa shape index (κ2) is 5.65. The minimum atomic E-state index is 0.363. The van der Waals surface area contributed by atoms with Crippen LogP contribution in [0.1, 0.15) is 27.2 Å². The molecule has 0 rings (SSSR count). The molecule has 0 aliphatic heterocycles. The lowest BCUT2D eigenvalue weighted by Crippen LogP contribution is -2.10. The van der Waals surface area contributed by atoms with E-state index in [1.807, 2.05) is 0 Å². The molecule has 1 nitrogen and oxygen atoms in total. The first-order valence-electron chi connectivity index (χ1n) is 4.31. The Bertz CT molecular complexity index is 135. The molecule has 0 saturated heterocycles. The monoisotopic (exact) mass is 188 g/mol. The fourth-order valence-electron chi connectivity index (χ4n) is 0.641. The molecular formula is C10H20OS. The molecule has 0 bridgehead atoms. The van der Waals surface area contributed by atoms with E-state index in [0.29, 0.717) is 12.0 Å². The maximum atomic E-state index is 5.41. The molecule has 0 fully saturated rings. The Balaban J connectivity index is 3.28. The van der Waals surface area contributed by atoms with Gasteiger partial charge in [0.1, 0.15) is 0 Å². The van der Waals surface area contributed by atoms with Crippen molar-refractivity contribution in [3.8, 4) is 0 Å². The standard InChI is InChI=1S/C10H20OS/c1-9(8-12)7-11-6-5-10(2,3)4/h12H,1,5-8H2,2-4H3. The van der Waals surface area contributed by atoms with Crippen LogP contribution in [0.2, 0.25) is 0 Å². The molecular weight excluding hydrogens is 168 g/mol. The van der Waals surface area contributed by atoms with E-state index in [0.717, 1.165) is 24.4 Å². The molecule has 2 heteroatoms. The maximum absolute atomic E-state index is 5.41. The first-order valence-corrected chi connectivity index (χ1v) is 4.94. The van der Waals surface area contributed by atoms with Crippen molar-refractivity contribution in [1.29, 1.82) is 0 Å². The van der Waals surface area contributed by atoms with E-state index in [2.05, 4.69) is 40.0 Å². The van der Waals surface area contributed by atoms with Gasteiger partial charge in [0, 0.05) is 12.4 Å². The van der Waals surface area contributed by atoms with Crippen molar-refractivity contribution in [2.24, 2.45) is 5.41 Å². The number of ether oxygens (including phenoxy) is 1. The minimum Gasteiger partial charge on any atom is -0.377 e. The van der Waals surface area contributed by atoms with Crippen molar-refractivity contribution in [1.82, 2.24) is 0 Å². The zero-order valence-electron chi connectivity index (χ0n) is 8.39. The third kappa shape index (κ3) is 8.15. The number of thiol groups is 1. The zero-order chi connectivity index (χ0) is 9.61. The molecule has 0 aliphatic carbocycles. The maximum Gasteiger partial charge on any atom is 0.0682 e. The SMILES string of the molecule is C=C(CS)COCCC(C)(C)C. The van der Waals surface area contributed by atoms with E-state index in [4.69, 9.17) is 4.74 Å². The van der Waals surface area contributed by atoms with Crippen LogP contribution in [0.5, 0.6) is 0 Å². The van der Waals surface area contributed by atoms with Crippen LogP contribution in [-0.4, -0.2) is 19.0 Å². The summed E-state index contributed by atoms with van der Waals surface area (Å²) in [6.07, 6.45) is 1.09. The van der Waals surface area contributed by atoms with Gasteiger partial charge in [-0.05, 0) is 17.4 Å². The van der Waals surface area contributed by atoms with Crippen LogP contribution in [0.25, 0.3) is 0 Å². The van der Waals surface area contributed by atoms with Crippen molar-refractivity contribution in [3.05, 3.63) is 12.2 Å². The van der Waals surface area contributed by atoms with Crippen LogP contribution in [-0.2, 0) is 4.74 Å². The molecule has 0 aliphatic rings. The summed E-state index contributed by atoms with van der Waals surface area (Å²) in [7, 11) is 0. The largest absolute Gasteiger partial charge is 0.377 e. The van der Waals surface area contributed by atoms with Crippen molar-refractivity contribution in [2.75, 3.05) is 19.0 Å². The molecule has 0 aromatic rings. The quantitative estimate of drug-likeness (QED) is 0.396. The van der Waals surface area contributed by atoms with Crippen LogP contribution < -0.4 is 0 Å². The van der Waals surface area contributed by atoms with Crippen LogP contribution >= 0.6 is 12.6 Å². The van der Waals surface area contributed by atoms with E-state index in [1.165, 1.54) is 0 Å². The summed E-state index contributed by atoms with van der Waals surface area (Å²) in [6, 6.07) is 0. The average molecular weight is 188 g/mol. The number of hydrogen-bond donors (Lipinski definition) is 1. The summed E-state index contributed by atoms with van der Waals surface area (Å²) in [4.78, 5) is 0. The van der Waals surface area contributed by atoms with Gasteiger partial charge in [0.05, 0.1) is 6.61 Å². The average Bonchev–Trinajstić information content (AvgIpc) is 1.96. The molecule has 0 heterocycles. The second-order valence-corrected chi connectivity index (χ2v) is 4.59. The predicted molar refractivity (Wildman–Crippen MR) is 57.9 cm³/mol. The first-order chi connectivity index (χ1) is 5.45. The van der Waals surface area contributed by atoms with Crippen LogP contribution in [0, 0.1) is 5.41 Å². The van der Waals surface area contributed by atoms with Gasteiger partial charge in [-0.1, -0.05) is 27.4 Å². The Labute approximate surface area is 81.6 Å². The van der Waals surface area contributed by atoms with Gasteiger partial charge in [-0.15, -0.1) is 0 Å². The number of hydrogen-bond acceptors (Lipinski definition) is 2. The van der Waals surface area contributed by atoms with E-state index in [9.17, 15) is 0 Å². The molecule has 0 aromatic carbocycles. The Morgan fingerprint density at radius 2 is 2.00 bits per heavy atom. The Kier molecular flexibility index (Phi) is 5.68. The topological polar surface area (TPSA) is 9.23 Å². The van der Waals surface area contributed by atoms with Crippen molar-refractivity contribution in [3.63, 3.8) is 0 Å². The highest BCUT2D eigenvalue weighted by Crippen LogP contribution is 2.17. The van der Waals surface area contributed by atoms with Gasteiger partial charge in [-0.3, -0.25) is 0 Å². The molecule has 72 valence electrons. The third-order valence-electron chi connectivity index (χ3n) is 1.53. The van der Waals surface area contributed by atoms with Gasteiger partial charge >= 0.3 is 0 Å². The zero-order valence-corrected chi connectivity index (χ0v) is 9.29. The molecule has 0 unspecified atom stereocenters. The lowest BCUT2D eigenvalue weighted by Gasteiger charge is -2.17. The molecule has 0 amide bonds. The van der Waals surface area contributed by atoms with Gasteiger partial charge in [-0.25, -0.2) is 0 Å². The Hall–Kier alpha value is 0.0500. The summed E-state index contributed by atoms with van der Waals surface area (Å²) in [5.74, 6) is 0.718. The lowest BCUT2D eigenvalue weighted by atomic mass is 9.93. The molecule has 0 radical (unpaired) electrons. The minimum absolute atomic E-state index is 0.363. The second-order valence-electron chi connectivity index (χ2n) is 4.27. The summed E-state index contributed by atoms with van der Waals surface area (Å²) < 4.78 is 5.41. The summed E-state index contributed by atoms with van der Waals surface area (Å²) in [5.41, 5.74) is 1.41. The highest BCUT2D eigenvalue weighted by Gasteiger charge is 2.08. The molecule has 0 N–H and O–H groups in total. The normalized spacial score (nSPS) is 11.7. The van der Waals surface area contributed by atoms with E-state index in [-0.39, 0.29) is 0 Å². The van der Waals surface area contributed by atoms with Crippen LogP contribution in [0.15, 0.2) is 12.2 Å². The Morgan fingerprint density at radius 3 is 2.42 bits per heavy atom. The molecule has 12 heavy (non-hydrogen) atoms. The summed E-state index contributed by atoms with van der Waals surface area (Å²) in [5, 5.41) is 0. The molecule has 0 atom stereocenters. The van der Waals surface area contributed by atoms with Crippen molar-refractivity contribution >= 4 is 12.6 Å². The van der Waals surface area contributed by atoms with Gasteiger partial charge < -0.3 is 4.74 Å². The molecule has 0 saturated carbocycles. The predicted octanol–water partition coefficient (Wildman–Crippen LogP) is 2.93. The highest BCUT2D eigenvalue weighted by atomic mass is 32.1. The van der Waals surface area contributed by atoms with Gasteiger partial charge in [0.15, 0.2) is 0 Å². The highest BCUT2D eigenvalue weighted by molar-refractivity contribution is 7.80. The van der Waals surface area contributed by atoms with Crippen LogP contribution in [0.4, 0.5) is 0 Å². The number of rotatable bonds is 5. The summed E-state index contributed by atoms with van der Waals surface area (Å²) >= 11 is 4.10. The fourth-order valence-corrected chi connectivity index (χ4v) is 0.732. The summed E-state index contributed by atoms with van der Waals surface area (Å²) in [6.45, 7) is 11.9. The van der Waals surface area contributed by atoms with E-state index in [1.54, 1.807) is 0 Å². The third-order valence-corrected chi connectivity index (χ3v) is 1.97. The van der Waals surface area contributed by atoms with Crippen molar-refractivity contribution < 1.29 is 4.74 Å². The van der Waals surface area contributed by atoms with E-state index < -0.39 is 0 Å². The van der Waals surface area contributed by atoms with Gasteiger partial charge in [0.25, 0.3) is 0 Å². The fraction of sp³-hybridized carbons (Fsp3) is 0.800. The Morgan fingerprint density at radius 1 is 1.42 bits per heavy atom. The molecule has 0 aromatic heterocycles. The first kappa shape index (κ1) is 12.0. The van der Waals surface area contributed by atoms with Gasteiger partial charge in [-0.2, -0.15) is 12.6 Å². The van der Waals surface area contributed by atoms with Crippen molar-refractivity contribution in [2.45, 2.75) is 27.2 Å².